The van der Waals surface area contributed by atoms with Crippen LogP contribution in [0.25, 0.3) is 11.1 Å². The molecule has 178 valence electrons. The highest BCUT2D eigenvalue weighted by molar-refractivity contribution is 5.87. The number of fused-ring (bicyclic) bond motifs is 3. The standard InChI is InChI=1S/C26H28N2O6/c29-23(30)17-13-28(11-12-33-14-17)24(31)26(9-10-26)16-27-25(32)34-15-22-20-7-3-1-5-18(20)19-6-2-4-8-21(19)22/h1-8,17,22H,9-16H2,(H,27,32)(H,29,30). The van der Waals surface area contributed by atoms with Crippen LogP contribution in [0.2, 0.25) is 0 Å². The number of ether oxygens (including phenoxy) is 2. The van der Waals surface area contributed by atoms with Crippen LogP contribution in [0, 0.1) is 11.3 Å². The summed E-state index contributed by atoms with van der Waals surface area (Å²) in [6.45, 7) is 1.29. The molecule has 2 fully saturated rings. The molecule has 3 aliphatic rings. The van der Waals surface area contributed by atoms with Gasteiger partial charge < -0.3 is 24.8 Å². The monoisotopic (exact) mass is 464 g/mol. The number of hydrogen-bond donors (Lipinski definition) is 2. The predicted molar refractivity (Wildman–Crippen MR) is 123 cm³/mol. The molecule has 0 spiro atoms. The van der Waals surface area contributed by atoms with Gasteiger partial charge in [0.25, 0.3) is 0 Å². The molecule has 8 heteroatoms. The summed E-state index contributed by atoms with van der Waals surface area (Å²) in [7, 11) is 0. The lowest BCUT2D eigenvalue weighted by Gasteiger charge is -2.27. The summed E-state index contributed by atoms with van der Waals surface area (Å²) in [6.07, 6.45) is 0.762. The molecule has 0 aromatic heterocycles. The van der Waals surface area contributed by atoms with Crippen LogP contribution in [0.5, 0.6) is 0 Å². The van der Waals surface area contributed by atoms with Gasteiger partial charge in [0.15, 0.2) is 0 Å². The van der Waals surface area contributed by atoms with Gasteiger partial charge in [0, 0.05) is 25.6 Å². The van der Waals surface area contributed by atoms with Gasteiger partial charge >= 0.3 is 12.1 Å². The van der Waals surface area contributed by atoms with Crippen molar-refractivity contribution >= 4 is 18.0 Å². The Kier molecular flexibility index (Phi) is 6.00. The molecule has 2 amide bonds. The molecule has 1 saturated heterocycles. The zero-order valence-electron chi connectivity index (χ0n) is 18.9. The maximum atomic E-state index is 13.1. The first-order chi connectivity index (χ1) is 16.5. The molecule has 1 unspecified atom stereocenters. The summed E-state index contributed by atoms with van der Waals surface area (Å²) in [5, 5.41) is 12.1. The van der Waals surface area contributed by atoms with E-state index in [1.807, 2.05) is 24.3 Å². The SMILES string of the molecule is O=C(NCC1(C(=O)N2CCOCC(C(=O)O)C2)CC1)OCC1c2ccccc2-c2ccccc21. The highest BCUT2D eigenvalue weighted by Gasteiger charge is 2.52. The minimum Gasteiger partial charge on any atom is -0.481 e. The zero-order chi connectivity index (χ0) is 23.7. The molecular weight excluding hydrogens is 436 g/mol. The van der Waals surface area contributed by atoms with Gasteiger partial charge in [-0.1, -0.05) is 48.5 Å². The minimum absolute atomic E-state index is 0.0280. The quantitative estimate of drug-likeness (QED) is 0.681. The van der Waals surface area contributed by atoms with Crippen LogP contribution in [0.3, 0.4) is 0 Å². The van der Waals surface area contributed by atoms with Crippen LogP contribution in [-0.4, -0.2) is 67.4 Å². The van der Waals surface area contributed by atoms with Gasteiger partial charge in [-0.3, -0.25) is 9.59 Å². The average molecular weight is 465 g/mol. The van der Waals surface area contributed by atoms with Crippen LogP contribution in [0.15, 0.2) is 48.5 Å². The van der Waals surface area contributed by atoms with E-state index in [2.05, 4.69) is 29.6 Å². The van der Waals surface area contributed by atoms with Crippen LogP contribution < -0.4 is 5.32 Å². The molecular formula is C26H28N2O6. The Morgan fingerprint density at radius 2 is 1.71 bits per heavy atom. The maximum absolute atomic E-state index is 13.1. The summed E-state index contributed by atoms with van der Waals surface area (Å²) in [6, 6.07) is 16.3. The molecule has 2 aromatic carbocycles. The normalized spacial score (nSPS) is 20.6. The van der Waals surface area contributed by atoms with E-state index in [1.54, 1.807) is 4.90 Å². The Balaban J connectivity index is 1.18. The van der Waals surface area contributed by atoms with E-state index in [4.69, 9.17) is 9.47 Å². The first-order valence-electron chi connectivity index (χ1n) is 11.7. The van der Waals surface area contributed by atoms with Crippen LogP contribution in [0.4, 0.5) is 4.79 Å². The molecule has 1 heterocycles. The topological polar surface area (TPSA) is 105 Å². The number of carbonyl (C=O) groups is 3. The number of alkyl carbamates (subject to hydrolysis) is 1. The molecule has 0 radical (unpaired) electrons. The van der Waals surface area contributed by atoms with Crippen LogP contribution >= 0.6 is 0 Å². The Bertz CT molecular complexity index is 1070. The van der Waals surface area contributed by atoms with Crippen molar-refractivity contribution < 1.29 is 29.0 Å². The van der Waals surface area contributed by atoms with Crippen molar-refractivity contribution in [2.75, 3.05) is 39.5 Å². The van der Waals surface area contributed by atoms with Gasteiger partial charge in [-0.2, -0.15) is 0 Å². The van der Waals surface area contributed by atoms with Crippen molar-refractivity contribution in [1.82, 2.24) is 10.2 Å². The molecule has 1 atom stereocenters. The summed E-state index contributed by atoms with van der Waals surface area (Å²) in [5.41, 5.74) is 3.92. The van der Waals surface area contributed by atoms with Crippen LogP contribution in [0.1, 0.15) is 29.9 Å². The molecule has 34 heavy (non-hydrogen) atoms. The number of nitrogens with zero attached hydrogens (tertiary/aromatic N) is 1. The number of carbonyl (C=O) groups excluding carboxylic acids is 2. The number of carboxylic acid groups (broad SMARTS) is 1. The Morgan fingerprint density at radius 3 is 2.32 bits per heavy atom. The second-order valence-corrected chi connectivity index (χ2v) is 9.32. The molecule has 1 aliphatic heterocycles. The van der Waals surface area contributed by atoms with Crippen LogP contribution in [-0.2, 0) is 19.1 Å². The number of amides is 2. The fourth-order valence-electron chi connectivity index (χ4n) is 4.99. The second-order valence-electron chi connectivity index (χ2n) is 9.32. The number of aliphatic carboxylic acids is 1. The van der Waals surface area contributed by atoms with Gasteiger partial charge in [-0.25, -0.2) is 4.79 Å². The van der Waals surface area contributed by atoms with E-state index in [1.165, 1.54) is 0 Å². The molecule has 0 bridgehead atoms. The number of carboxylic acids is 1. The zero-order valence-corrected chi connectivity index (χ0v) is 18.9. The van der Waals surface area contributed by atoms with E-state index < -0.39 is 23.4 Å². The van der Waals surface area contributed by atoms with Gasteiger partial charge in [0.05, 0.1) is 24.5 Å². The van der Waals surface area contributed by atoms with Crippen molar-refractivity contribution in [1.29, 1.82) is 0 Å². The third kappa shape index (κ3) is 4.25. The molecule has 1 saturated carbocycles. The first kappa shape index (κ1) is 22.4. The lowest BCUT2D eigenvalue weighted by Crippen LogP contribution is -2.46. The van der Waals surface area contributed by atoms with Gasteiger partial charge in [0.1, 0.15) is 6.61 Å². The number of nitrogens with one attached hydrogen (secondary N) is 1. The lowest BCUT2D eigenvalue weighted by molar-refractivity contribution is -0.145. The van der Waals surface area contributed by atoms with E-state index in [9.17, 15) is 19.5 Å². The molecule has 8 nitrogen and oxygen atoms in total. The summed E-state index contributed by atoms with van der Waals surface area (Å²) >= 11 is 0. The van der Waals surface area contributed by atoms with Gasteiger partial charge in [-0.05, 0) is 35.1 Å². The van der Waals surface area contributed by atoms with Crippen molar-refractivity contribution in [2.24, 2.45) is 11.3 Å². The maximum Gasteiger partial charge on any atom is 0.407 e. The predicted octanol–water partition coefficient (Wildman–Crippen LogP) is 2.86. The van der Waals surface area contributed by atoms with Crippen molar-refractivity contribution in [3.05, 3.63) is 59.7 Å². The van der Waals surface area contributed by atoms with Crippen molar-refractivity contribution in [2.45, 2.75) is 18.8 Å². The van der Waals surface area contributed by atoms with Crippen molar-refractivity contribution in [3.8, 4) is 11.1 Å². The number of rotatable bonds is 6. The summed E-state index contributed by atoms with van der Waals surface area (Å²) < 4.78 is 10.9. The van der Waals surface area contributed by atoms with Crippen molar-refractivity contribution in [3.63, 3.8) is 0 Å². The molecule has 2 N–H and O–H groups in total. The van der Waals surface area contributed by atoms with E-state index >= 15 is 0 Å². The highest BCUT2D eigenvalue weighted by atomic mass is 16.5. The average Bonchev–Trinajstić information content (AvgIpc) is 3.62. The van der Waals surface area contributed by atoms with E-state index in [0.717, 1.165) is 22.3 Å². The first-order valence-corrected chi connectivity index (χ1v) is 11.7. The summed E-state index contributed by atoms with van der Waals surface area (Å²) in [5.74, 6) is -1.86. The lowest BCUT2D eigenvalue weighted by atomic mass is 9.98. The fraction of sp³-hybridized carbons (Fsp3) is 0.423. The van der Waals surface area contributed by atoms with Gasteiger partial charge in [-0.15, -0.1) is 0 Å². The minimum atomic E-state index is -0.971. The Labute approximate surface area is 197 Å². The summed E-state index contributed by atoms with van der Waals surface area (Å²) in [4.78, 5) is 38.6. The third-order valence-electron chi connectivity index (χ3n) is 7.12. The molecule has 5 rings (SSSR count). The smallest absolute Gasteiger partial charge is 0.407 e. The van der Waals surface area contributed by atoms with E-state index in [-0.39, 0.29) is 38.1 Å². The van der Waals surface area contributed by atoms with Gasteiger partial charge in [0.2, 0.25) is 5.91 Å². The highest BCUT2D eigenvalue weighted by Crippen LogP contribution is 2.47. The second kappa shape index (κ2) is 9.10. The molecule has 2 aromatic rings. The largest absolute Gasteiger partial charge is 0.481 e. The van der Waals surface area contributed by atoms with E-state index in [0.29, 0.717) is 26.0 Å². The molecule has 2 aliphatic carbocycles. The fourth-order valence-corrected chi connectivity index (χ4v) is 4.99. The number of hydrogen-bond acceptors (Lipinski definition) is 5. The third-order valence-corrected chi connectivity index (χ3v) is 7.12. The number of benzene rings is 2. The Morgan fingerprint density at radius 1 is 1.06 bits per heavy atom. The Hall–Kier alpha value is -3.39.